The highest BCUT2D eigenvalue weighted by molar-refractivity contribution is 6.32. The molecule has 1 saturated heterocycles. The Kier molecular flexibility index (Phi) is 3.75. The molecule has 1 fully saturated rings. The second kappa shape index (κ2) is 5.14. The Morgan fingerprint density at radius 3 is 3.00 bits per heavy atom. The molecule has 0 aromatic heterocycles. The standard InChI is InChI=1S/C12H15ClN2O3/c1-17-10-6-8(2-3-9(10)13)15-11(16)12(14)4-5-18-7-12/h2-3,6H,4-5,7,14H2,1H3,(H,15,16). The monoisotopic (exact) mass is 270 g/mol. The van der Waals surface area contributed by atoms with E-state index >= 15 is 0 Å². The molecular weight excluding hydrogens is 256 g/mol. The second-order valence-electron chi connectivity index (χ2n) is 4.26. The molecule has 1 aliphatic rings. The summed E-state index contributed by atoms with van der Waals surface area (Å²) in [6, 6.07) is 5.01. The molecule has 1 amide bonds. The number of amides is 1. The van der Waals surface area contributed by atoms with Crippen LogP contribution in [-0.4, -0.2) is 31.8 Å². The van der Waals surface area contributed by atoms with Gasteiger partial charge in [0.25, 0.3) is 0 Å². The van der Waals surface area contributed by atoms with Gasteiger partial charge >= 0.3 is 0 Å². The molecule has 1 aromatic rings. The van der Waals surface area contributed by atoms with E-state index in [-0.39, 0.29) is 12.5 Å². The van der Waals surface area contributed by atoms with E-state index in [1.54, 1.807) is 18.2 Å². The molecule has 1 aliphatic heterocycles. The Hall–Kier alpha value is -1.30. The maximum absolute atomic E-state index is 12.0. The highest BCUT2D eigenvalue weighted by Gasteiger charge is 2.38. The third-order valence-electron chi connectivity index (χ3n) is 2.91. The number of nitrogens with two attached hydrogens (primary N) is 1. The molecule has 98 valence electrons. The molecule has 6 heteroatoms. The van der Waals surface area contributed by atoms with E-state index in [2.05, 4.69) is 5.32 Å². The highest BCUT2D eigenvalue weighted by Crippen LogP contribution is 2.28. The fourth-order valence-electron chi connectivity index (χ4n) is 1.75. The van der Waals surface area contributed by atoms with Crippen LogP contribution in [0.4, 0.5) is 5.69 Å². The van der Waals surface area contributed by atoms with Crippen molar-refractivity contribution in [2.75, 3.05) is 25.6 Å². The van der Waals surface area contributed by atoms with Crippen LogP contribution in [0.1, 0.15) is 6.42 Å². The Morgan fingerprint density at radius 1 is 1.61 bits per heavy atom. The van der Waals surface area contributed by atoms with Gasteiger partial charge in [-0.3, -0.25) is 4.79 Å². The molecule has 2 rings (SSSR count). The van der Waals surface area contributed by atoms with Gasteiger partial charge in [0, 0.05) is 18.4 Å². The molecule has 1 aromatic carbocycles. The van der Waals surface area contributed by atoms with Crippen LogP contribution in [-0.2, 0) is 9.53 Å². The molecule has 0 saturated carbocycles. The summed E-state index contributed by atoms with van der Waals surface area (Å²) in [5.74, 6) is 0.243. The van der Waals surface area contributed by atoms with E-state index < -0.39 is 5.54 Å². The molecular formula is C12H15ClN2O3. The highest BCUT2D eigenvalue weighted by atomic mass is 35.5. The number of rotatable bonds is 3. The quantitative estimate of drug-likeness (QED) is 0.871. The number of benzene rings is 1. The number of hydrogen-bond acceptors (Lipinski definition) is 4. The first-order valence-electron chi connectivity index (χ1n) is 5.57. The third kappa shape index (κ3) is 2.58. The normalized spacial score (nSPS) is 22.8. The van der Waals surface area contributed by atoms with Crippen molar-refractivity contribution in [1.82, 2.24) is 0 Å². The lowest BCUT2D eigenvalue weighted by Crippen LogP contribution is -2.51. The van der Waals surface area contributed by atoms with Gasteiger partial charge in [-0.15, -0.1) is 0 Å². The van der Waals surface area contributed by atoms with E-state index in [0.29, 0.717) is 29.5 Å². The fourth-order valence-corrected chi connectivity index (χ4v) is 1.95. The molecule has 1 heterocycles. The summed E-state index contributed by atoms with van der Waals surface area (Å²) in [5.41, 5.74) is 5.60. The van der Waals surface area contributed by atoms with Crippen molar-refractivity contribution in [2.45, 2.75) is 12.0 Å². The van der Waals surface area contributed by atoms with Gasteiger partial charge in [-0.1, -0.05) is 11.6 Å². The Balaban J connectivity index is 2.11. The summed E-state index contributed by atoms with van der Waals surface area (Å²) < 4.78 is 10.2. The summed E-state index contributed by atoms with van der Waals surface area (Å²) in [7, 11) is 1.52. The van der Waals surface area contributed by atoms with E-state index in [1.165, 1.54) is 7.11 Å². The van der Waals surface area contributed by atoms with Crippen LogP contribution in [0, 0.1) is 0 Å². The van der Waals surface area contributed by atoms with Crippen LogP contribution in [0.25, 0.3) is 0 Å². The van der Waals surface area contributed by atoms with Crippen LogP contribution < -0.4 is 15.8 Å². The summed E-state index contributed by atoms with van der Waals surface area (Å²) in [6.45, 7) is 0.747. The Bertz CT molecular complexity index is 459. The average Bonchev–Trinajstić information content (AvgIpc) is 2.80. The zero-order valence-electron chi connectivity index (χ0n) is 10.0. The molecule has 0 bridgehead atoms. The zero-order valence-corrected chi connectivity index (χ0v) is 10.8. The first-order chi connectivity index (χ1) is 8.55. The van der Waals surface area contributed by atoms with Gasteiger partial charge in [0.15, 0.2) is 0 Å². The van der Waals surface area contributed by atoms with Crippen molar-refractivity contribution in [3.63, 3.8) is 0 Å². The predicted octanol–water partition coefficient (Wildman–Crippen LogP) is 1.40. The van der Waals surface area contributed by atoms with Gasteiger partial charge in [-0.2, -0.15) is 0 Å². The fraction of sp³-hybridized carbons (Fsp3) is 0.417. The lowest BCUT2D eigenvalue weighted by atomic mass is 9.99. The molecule has 0 spiro atoms. The Morgan fingerprint density at radius 2 is 2.39 bits per heavy atom. The van der Waals surface area contributed by atoms with Gasteiger partial charge in [-0.25, -0.2) is 0 Å². The molecule has 5 nitrogen and oxygen atoms in total. The largest absolute Gasteiger partial charge is 0.495 e. The van der Waals surface area contributed by atoms with E-state index in [9.17, 15) is 4.79 Å². The van der Waals surface area contributed by atoms with Gasteiger partial charge < -0.3 is 20.5 Å². The topological polar surface area (TPSA) is 73.6 Å². The predicted molar refractivity (Wildman–Crippen MR) is 69.0 cm³/mol. The summed E-state index contributed by atoms with van der Waals surface area (Å²) in [4.78, 5) is 12.0. The van der Waals surface area contributed by atoms with Crippen LogP contribution in [0.3, 0.4) is 0 Å². The zero-order chi connectivity index (χ0) is 13.2. The maximum Gasteiger partial charge on any atom is 0.246 e. The van der Waals surface area contributed by atoms with Crippen molar-refractivity contribution in [3.8, 4) is 5.75 Å². The van der Waals surface area contributed by atoms with Crippen molar-refractivity contribution in [3.05, 3.63) is 23.2 Å². The second-order valence-corrected chi connectivity index (χ2v) is 4.67. The minimum atomic E-state index is -0.952. The van der Waals surface area contributed by atoms with E-state index in [1.807, 2.05) is 0 Å². The molecule has 18 heavy (non-hydrogen) atoms. The van der Waals surface area contributed by atoms with Crippen molar-refractivity contribution in [1.29, 1.82) is 0 Å². The lowest BCUT2D eigenvalue weighted by Gasteiger charge is -2.20. The van der Waals surface area contributed by atoms with Crippen LogP contribution in [0.2, 0.25) is 5.02 Å². The first kappa shape index (κ1) is 13.1. The van der Waals surface area contributed by atoms with Crippen LogP contribution >= 0.6 is 11.6 Å². The first-order valence-corrected chi connectivity index (χ1v) is 5.94. The number of nitrogens with one attached hydrogen (secondary N) is 1. The van der Waals surface area contributed by atoms with Crippen LogP contribution in [0.5, 0.6) is 5.75 Å². The van der Waals surface area contributed by atoms with Gasteiger partial charge in [0.05, 0.1) is 18.7 Å². The van der Waals surface area contributed by atoms with Crippen molar-refractivity contribution in [2.24, 2.45) is 5.73 Å². The van der Waals surface area contributed by atoms with E-state index in [4.69, 9.17) is 26.8 Å². The number of carbonyl (C=O) groups excluding carboxylic acids is 1. The van der Waals surface area contributed by atoms with Crippen molar-refractivity contribution < 1.29 is 14.3 Å². The SMILES string of the molecule is COc1cc(NC(=O)C2(N)CCOC2)ccc1Cl. The number of halogens is 1. The number of methoxy groups -OCH3 is 1. The lowest BCUT2D eigenvalue weighted by molar-refractivity contribution is -0.121. The minimum Gasteiger partial charge on any atom is -0.495 e. The Labute approximate surface area is 110 Å². The summed E-state index contributed by atoms with van der Waals surface area (Å²) in [5, 5.41) is 3.23. The maximum atomic E-state index is 12.0. The van der Waals surface area contributed by atoms with Gasteiger partial charge in [-0.05, 0) is 18.6 Å². The molecule has 1 atom stereocenters. The van der Waals surface area contributed by atoms with Gasteiger partial charge in [0.2, 0.25) is 5.91 Å². The average molecular weight is 271 g/mol. The number of anilines is 1. The smallest absolute Gasteiger partial charge is 0.246 e. The van der Waals surface area contributed by atoms with Gasteiger partial charge in [0.1, 0.15) is 11.3 Å². The minimum absolute atomic E-state index is 0.240. The summed E-state index contributed by atoms with van der Waals surface area (Å²) >= 11 is 5.90. The van der Waals surface area contributed by atoms with Crippen molar-refractivity contribution >= 4 is 23.2 Å². The molecule has 0 aliphatic carbocycles. The van der Waals surface area contributed by atoms with Crippen LogP contribution in [0.15, 0.2) is 18.2 Å². The molecule has 1 unspecified atom stereocenters. The van der Waals surface area contributed by atoms with E-state index in [0.717, 1.165) is 0 Å². The number of hydrogen-bond donors (Lipinski definition) is 2. The number of ether oxygens (including phenoxy) is 2. The molecule has 0 radical (unpaired) electrons. The number of carbonyl (C=O) groups is 1. The third-order valence-corrected chi connectivity index (χ3v) is 3.23. The summed E-state index contributed by atoms with van der Waals surface area (Å²) in [6.07, 6.45) is 0.517. The molecule has 3 N–H and O–H groups in total.